The molecule has 3 rings (SSSR count). The number of ether oxygens (including phenoxy) is 2. The zero-order valence-corrected chi connectivity index (χ0v) is 14.7. The Bertz CT molecular complexity index is 561. The first-order valence-electron chi connectivity index (χ1n) is 9.12. The van der Waals surface area contributed by atoms with E-state index >= 15 is 0 Å². The lowest BCUT2D eigenvalue weighted by molar-refractivity contribution is -0.185. The molecule has 1 amide bonds. The average Bonchev–Trinajstić information content (AvgIpc) is 3.10. The highest BCUT2D eigenvalue weighted by molar-refractivity contribution is 5.91. The molecule has 0 bridgehead atoms. The third-order valence-corrected chi connectivity index (χ3v) is 4.74. The van der Waals surface area contributed by atoms with Gasteiger partial charge in [0.15, 0.2) is 5.79 Å². The maximum Gasteiger partial charge on any atom is 0.243 e. The number of aromatic nitrogens is 1. The van der Waals surface area contributed by atoms with Gasteiger partial charge in [-0.3, -0.25) is 9.78 Å². The van der Waals surface area contributed by atoms with Gasteiger partial charge in [-0.25, -0.2) is 0 Å². The first-order valence-corrected chi connectivity index (χ1v) is 9.12. The fourth-order valence-corrected chi connectivity index (χ4v) is 3.28. The summed E-state index contributed by atoms with van der Waals surface area (Å²) in [5.41, 5.74) is 0.927. The maximum atomic E-state index is 11.8. The summed E-state index contributed by atoms with van der Waals surface area (Å²) in [5.74, 6) is -0.343. The summed E-state index contributed by atoms with van der Waals surface area (Å²) in [7, 11) is 0. The van der Waals surface area contributed by atoms with Crippen molar-refractivity contribution < 1.29 is 14.3 Å². The molecule has 0 unspecified atom stereocenters. The normalized spacial score (nSPS) is 20.3. The van der Waals surface area contributed by atoms with Gasteiger partial charge in [0.1, 0.15) is 0 Å². The van der Waals surface area contributed by atoms with E-state index in [9.17, 15) is 4.79 Å². The summed E-state index contributed by atoms with van der Waals surface area (Å²) < 4.78 is 11.5. The van der Waals surface area contributed by atoms with Gasteiger partial charge in [0.05, 0.1) is 13.2 Å². The molecule has 6 heteroatoms. The lowest BCUT2D eigenvalue weighted by Gasteiger charge is -2.37. The highest BCUT2D eigenvalue weighted by Gasteiger charge is 2.39. The van der Waals surface area contributed by atoms with E-state index in [-0.39, 0.29) is 11.7 Å². The van der Waals surface area contributed by atoms with Gasteiger partial charge in [-0.05, 0) is 37.1 Å². The molecule has 6 nitrogen and oxygen atoms in total. The van der Waals surface area contributed by atoms with Crippen LogP contribution in [0, 0.1) is 0 Å². The van der Waals surface area contributed by atoms with Crippen molar-refractivity contribution >= 4 is 12.0 Å². The van der Waals surface area contributed by atoms with Crippen molar-refractivity contribution in [3.8, 4) is 0 Å². The second kappa shape index (κ2) is 9.08. The fraction of sp³-hybridized carbons (Fsp3) is 0.579. The SMILES string of the molecule is O=C(C=Cc1cccnc1)NCCCCN1CCC2(CC1)OCCO2. The van der Waals surface area contributed by atoms with Crippen molar-refractivity contribution in [2.24, 2.45) is 0 Å². The first kappa shape index (κ1) is 18.0. The highest BCUT2D eigenvalue weighted by atomic mass is 16.7. The van der Waals surface area contributed by atoms with E-state index in [1.165, 1.54) is 0 Å². The highest BCUT2D eigenvalue weighted by Crippen LogP contribution is 2.31. The number of hydrogen-bond acceptors (Lipinski definition) is 5. The van der Waals surface area contributed by atoms with Gasteiger partial charge in [-0.2, -0.15) is 0 Å². The molecule has 0 aromatic carbocycles. The first-order chi connectivity index (χ1) is 12.3. The third-order valence-electron chi connectivity index (χ3n) is 4.74. The molecule has 1 N–H and O–H groups in total. The van der Waals surface area contributed by atoms with E-state index in [1.54, 1.807) is 24.5 Å². The second-order valence-electron chi connectivity index (χ2n) is 6.57. The Morgan fingerprint density at radius 3 is 2.80 bits per heavy atom. The summed E-state index contributed by atoms with van der Waals surface area (Å²) in [4.78, 5) is 18.2. The minimum atomic E-state index is -0.287. The molecular formula is C19H27N3O3. The average molecular weight is 345 g/mol. The third kappa shape index (κ3) is 5.63. The number of nitrogens with one attached hydrogen (secondary N) is 1. The number of unbranched alkanes of at least 4 members (excludes halogenated alkanes) is 1. The van der Waals surface area contributed by atoms with Crippen LogP contribution in [0.2, 0.25) is 0 Å². The molecule has 0 atom stereocenters. The van der Waals surface area contributed by atoms with Gasteiger partial charge in [-0.1, -0.05) is 6.07 Å². The number of likely N-dealkylation sites (tertiary alicyclic amines) is 1. The number of piperidine rings is 1. The number of carbonyl (C=O) groups excluding carboxylic acids is 1. The van der Waals surface area contributed by atoms with Crippen LogP contribution in [0.1, 0.15) is 31.2 Å². The van der Waals surface area contributed by atoms with Crippen LogP contribution in [-0.2, 0) is 14.3 Å². The molecule has 1 aromatic heterocycles. The van der Waals surface area contributed by atoms with Gasteiger partial charge >= 0.3 is 0 Å². The summed E-state index contributed by atoms with van der Waals surface area (Å²) in [6.45, 7) is 5.29. The molecule has 0 saturated carbocycles. The largest absolute Gasteiger partial charge is 0.353 e. The van der Waals surface area contributed by atoms with E-state index in [1.807, 2.05) is 12.1 Å². The summed E-state index contributed by atoms with van der Waals surface area (Å²) in [5, 5.41) is 2.93. The van der Waals surface area contributed by atoms with Crippen LogP contribution in [-0.4, -0.2) is 61.0 Å². The zero-order chi connectivity index (χ0) is 17.4. The van der Waals surface area contributed by atoms with Crippen LogP contribution in [0.5, 0.6) is 0 Å². The van der Waals surface area contributed by atoms with Crippen molar-refractivity contribution in [3.63, 3.8) is 0 Å². The molecule has 0 aliphatic carbocycles. The lowest BCUT2D eigenvalue weighted by atomic mass is 10.0. The smallest absolute Gasteiger partial charge is 0.243 e. The van der Waals surface area contributed by atoms with E-state index in [2.05, 4.69) is 15.2 Å². The lowest BCUT2D eigenvalue weighted by Crippen LogP contribution is -2.45. The van der Waals surface area contributed by atoms with Crippen molar-refractivity contribution in [1.82, 2.24) is 15.2 Å². The molecule has 136 valence electrons. The van der Waals surface area contributed by atoms with E-state index < -0.39 is 0 Å². The molecule has 2 aliphatic rings. The summed E-state index contributed by atoms with van der Waals surface area (Å²) in [6.07, 6.45) is 10.8. The van der Waals surface area contributed by atoms with Gasteiger partial charge < -0.3 is 19.7 Å². The number of hydrogen-bond donors (Lipinski definition) is 1. The predicted molar refractivity (Wildman–Crippen MR) is 95.8 cm³/mol. The molecule has 1 spiro atoms. The maximum absolute atomic E-state index is 11.8. The molecule has 2 aliphatic heterocycles. The zero-order valence-electron chi connectivity index (χ0n) is 14.7. The van der Waals surface area contributed by atoms with Crippen molar-refractivity contribution in [2.75, 3.05) is 39.4 Å². The Labute approximate surface area is 149 Å². The molecule has 2 saturated heterocycles. The van der Waals surface area contributed by atoms with Crippen molar-refractivity contribution in [2.45, 2.75) is 31.5 Å². The predicted octanol–water partition coefficient (Wildman–Crippen LogP) is 1.83. The van der Waals surface area contributed by atoms with Crippen molar-refractivity contribution in [1.29, 1.82) is 0 Å². The number of pyridine rings is 1. The monoisotopic (exact) mass is 345 g/mol. The minimum absolute atomic E-state index is 0.0562. The van der Waals surface area contributed by atoms with Crippen LogP contribution >= 0.6 is 0 Å². The van der Waals surface area contributed by atoms with E-state index in [4.69, 9.17) is 9.47 Å². The number of carbonyl (C=O) groups is 1. The van der Waals surface area contributed by atoms with Crippen LogP contribution in [0.4, 0.5) is 0 Å². The Morgan fingerprint density at radius 1 is 1.28 bits per heavy atom. The van der Waals surface area contributed by atoms with Crippen LogP contribution in [0.25, 0.3) is 6.08 Å². The van der Waals surface area contributed by atoms with Crippen LogP contribution in [0.15, 0.2) is 30.6 Å². The molecule has 2 fully saturated rings. The van der Waals surface area contributed by atoms with E-state index in [0.29, 0.717) is 6.54 Å². The Balaban J connectivity index is 1.24. The van der Waals surface area contributed by atoms with E-state index in [0.717, 1.165) is 64.1 Å². The Hall–Kier alpha value is -1.76. The molecule has 1 aromatic rings. The number of amides is 1. The standard InChI is InChI=1S/C19H27N3O3/c23-18(6-5-17-4-3-9-20-16-17)21-10-1-2-11-22-12-7-19(8-13-22)24-14-15-25-19/h3-6,9,16H,1-2,7-8,10-15H2,(H,21,23). The second-order valence-corrected chi connectivity index (χ2v) is 6.57. The van der Waals surface area contributed by atoms with Gasteiger partial charge in [-0.15, -0.1) is 0 Å². The molecule has 0 radical (unpaired) electrons. The molecule has 3 heterocycles. The van der Waals surface area contributed by atoms with Gasteiger partial charge in [0, 0.05) is 50.9 Å². The number of rotatable bonds is 7. The fourth-order valence-electron chi connectivity index (χ4n) is 3.28. The topological polar surface area (TPSA) is 63.7 Å². The molecular weight excluding hydrogens is 318 g/mol. The van der Waals surface area contributed by atoms with Gasteiger partial charge in [0.25, 0.3) is 0 Å². The molecule has 25 heavy (non-hydrogen) atoms. The van der Waals surface area contributed by atoms with Crippen molar-refractivity contribution in [3.05, 3.63) is 36.2 Å². The van der Waals surface area contributed by atoms with Gasteiger partial charge in [0.2, 0.25) is 5.91 Å². The quantitative estimate of drug-likeness (QED) is 0.603. The Kier molecular flexibility index (Phi) is 6.55. The van der Waals surface area contributed by atoms with Crippen LogP contribution in [0.3, 0.4) is 0 Å². The number of nitrogens with zero attached hydrogens (tertiary/aromatic N) is 2. The minimum Gasteiger partial charge on any atom is -0.353 e. The Morgan fingerprint density at radius 2 is 2.08 bits per heavy atom. The summed E-state index contributed by atoms with van der Waals surface area (Å²) >= 11 is 0. The van der Waals surface area contributed by atoms with Crippen LogP contribution < -0.4 is 5.32 Å². The summed E-state index contributed by atoms with van der Waals surface area (Å²) in [6, 6.07) is 3.77.